The summed E-state index contributed by atoms with van der Waals surface area (Å²) in [4.78, 5) is 0. The number of rotatable bonds is 6. The molecule has 0 amide bonds. The lowest BCUT2D eigenvalue weighted by Crippen LogP contribution is -2.05. The van der Waals surface area contributed by atoms with Crippen LogP contribution in [0.3, 0.4) is 0 Å². The van der Waals surface area contributed by atoms with E-state index in [1.165, 1.54) is 0 Å². The minimum Gasteiger partial charge on any atom is -0.309 e. The second-order valence-electron chi connectivity index (χ2n) is 22.9. The summed E-state index contributed by atoms with van der Waals surface area (Å²) >= 11 is 0. The molecule has 5 heterocycles. The second-order valence-corrected chi connectivity index (χ2v) is 22.9. The van der Waals surface area contributed by atoms with Gasteiger partial charge in [0.05, 0.1) is 101 Å². The molecule has 5 aromatic heterocycles. The van der Waals surface area contributed by atoms with Crippen molar-refractivity contribution in [3.63, 3.8) is 0 Å². The Kier molecular flexibility index (Phi) is 10.5. The van der Waals surface area contributed by atoms with Crippen molar-refractivity contribution in [1.82, 2.24) is 22.8 Å². The fourth-order valence-corrected chi connectivity index (χ4v) is 14.7. The molecule has 89 heavy (non-hydrogen) atoms. The molecule has 0 saturated carbocycles. The first-order chi connectivity index (χ1) is 44.0. The van der Waals surface area contributed by atoms with Crippen LogP contribution in [-0.4, -0.2) is 22.8 Å². The molecular weight excluding hydrogens is 1090 g/mol. The highest BCUT2D eigenvalue weighted by atomic mass is 15.0. The van der Waals surface area contributed by atoms with Crippen molar-refractivity contribution < 1.29 is 0 Å². The van der Waals surface area contributed by atoms with Gasteiger partial charge in [0.2, 0.25) is 0 Å². The first-order valence-electron chi connectivity index (χ1n) is 29.5. The summed E-state index contributed by atoms with van der Waals surface area (Å²) in [6.45, 7) is 0. The third kappa shape index (κ3) is 6.96. The third-order valence-corrected chi connectivity index (χ3v) is 18.4. The molecule has 0 saturated heterocycles. The van der Waals surface area contributed by atoms with Crippen molar-refractivity contribution >= 4 is 120 Å². The summed E-state index contributed by atoms with van der Waals surface area (Å²) in [7, 11) is 0. The Hall–Kier alpha value is -12.9. The molecule has 0 unspecified atom stereocenters. The lowest BCUT2D eigenvalue weighted by Gasteiger charge is -2.16. The van der Waals surface area contributed by atoms with Gasteiger partial charge in [0.15, 0.2) is 0 Å². The quantitative estimate of drug-likeness (QED) is 0.165. The molecule has 0 aliphatic heterocycles. The van der Waals surface area contributed by atoms with Crippen molar-refractivity contribution in [2.24, 2.45) is 0 Å². The van der Waals surface area contributed by atoms with Crippen LogP contribution in [0, 0.1) is 45.3 Å². The molecule has 408 valence electrons. The van der Waals surface area contributed by atoms with Gasteiger partial charge in [0, 0.05) is 59.5 Å². The Morgan fingerprint density at radius 3 is 1.18 bits per heavy atom. The molecule has 0 atom stereocenters. The Morgan fingerprint density at radius 2 is 0.640 bits per heavy atom. The normalized spacial score (nSPS) is 11.8. The zero-order valence-electron chi connectivity index (χ0n) is 47.4. The van der Waals surface area contributed by atoms with E-state index in [0.717, 1.165) is 137 Å². The summed E-state index contributed by atoms with van der Waals surface area (Å²) in [6, 6.07) is 100. The maximum atomic E-state index is 11.4. The topological polar surface area (TPSA) is 120 Å². The van der Waals surface area contributed by atoms with Gasteiger partial charge in [-0.2, -0.15) is 21.0 Å². The van der Waals surface area contributed by atoms with Crippen LogP contribution in [0.25, 0.3) is 159 Å². The minimum atomic E-state index is 0.397. The number of benzene rings is 13. The molecule has 0 spiro atoms. The fraction of sp³-hybridized carbons (Fsp3) is 0. The number of nitrogens with zero attached hydrogens (tertiary/aromatic N) is 9. The molecule has 18 aromatic rings. The van der Waals surface area contributed by atoms with E-state index < -0.39 is 0 Å². The SMILES string of the molecule is N#Cc1cc(-n2c3ccccc3c3ccccc32)c(C#N)c(-n2c3ccccc3c3c4c5ccccc5n(-c5cccc(-c6ccc7c(c6)c6ccccc6n7-c6cc(-n7c8ccccc8c8cc9ccccc9cc87)c(C#N)cc6C#N)c5)c4ccc32)c1. The zero-order chi connectivity index (χ0) is 59.2. The highest BCUT2D eigenvalue weighted by Gasteiger charge is 2.27. The van der Waals surface area contributed by atoms with Crippen molar-refractivity contribution in [3.8, 4) is 63.8 Å². The van der Waals surface area contributed by atoms with Crippen molar-refractivity contribution in [2.45, 2.75) is 0 Å². The monoisotopic (exact) mass is 1130 g/mol. The lowest BCUT2D eigenvalue weighted by molar-refractivity contribution is 1.11. The molecule has 0 N–H and O–H groups in total. The number of para-hydroxylation sites is 6. The highest BCUT2D eigenvalue weighted by molar-refractivity contribution is 6.29. The molecule has 0 radical (unpaired) electrons. The Balaban J connectivity index is 0.805. The van der Waals surface area contributed by atoms with E-state index in [1.54, 1.807) is 6.07 Å². The second kappa shape index (κ2) is 18.8. The number of aromatic nitrogens is 5. The molecule has 9 heteroatoms. The molecule has 0 aliphatic carbocycles. The minimum absolute atomic E-state index is 0.397. The van der Waals surface area contributed by atoms with Crippen LogP contribution in [0.5, 0.6) is 0 Å². The average molecular weight is 1130 g/mol. The van der Waals surface area contributed by atoms with Gasteiger partial charge in [-0.15, -0.1) is 0 Å². The zero-order valence-corrected chi connectivity index (χ0v) is 47.4. The fourth-order valence-electron chi connectivity index (χ4n) is 14.7. The number of hydrogen-bond acceptors (Lipinski definition) is 4. The summed E-state index contributed by atoms with van der Waals surface area (Å²) in [5.74, 6) is 0. The van der Waals surface area contributed by atoms with Crippen molar-refractivity contribution in [3.05, 3.63) is 283 Å². The largest absolute Gasteiger partial charge is 0.309 e. The molecule has 0 bridgehead atoms. The van der Waals surface area contributed by atoms with Crippen molar-refractivity contribution in [2.75, 3.05) is 0 Å². The van der Waals surface area contributed by atoms with E-state index in [9.17, 15) is 21.0 Å². The standard InChI is InChI=1S/C80H43N9/c81-44-48-36-76(87-65-26-9-3-20-56(65)57-21-4-10-27-66(57)87)64(47-84)77(37-48)88-70-31-14-8-25-61(70)80-73(88)35-34-72-79(80)60-24-7-13-30-69(60)85(72)55-19-15-18-49(39-55)52-32-33-71-62(41-52)58-22-5-11-28-67(58)86(71)74-43-75(54(46-83)38-53(74)45-82)89-68-29-12-6-23-59(68)63-40-50-16-1-2-17-51(50)42-78(63)89/h1-43H. The van der Waals surface area contributed by atoms with Gasteiger partial charge in [0.1, 0.15) is 23.8 Å². The maximum absolute atomic E-state index is 11.4. The van der Waals surface area contributed by atoms with Gasteiger partial charge < -0.3 is 22.8 Å². The van der Waals surface area contributed by atoms with Gasteiger partial charge in [-0.1, -0.05) is 152 Å². The summed E-state index contributed by atoms with van der Waals surface area (Å²) < 4.78 is 11.0. The van der Waals surface area contributed by atoms with Crippen molar-refractivity contribution in [1.29, 1.82) is 21.0 Å². The Bertz CT molecular complexity index is 6310. The number of hydrogen-bond donors (Lipinski definition) is 0. The van der Waals surface area contributed by atoms with Crippen LogP contribution >= 0.6 is 0 Å². The maximum Gasteiger partial charge on any atom is 0.104 e. The third-order valence-electron chi connectivity index (χ3n) is 18.4. The van der Waals surface area contributed by atoms with Crippen LogP contribution < -0.4 is 0 Å². The highest BCUT2D eigenvalue weighted by Crippen LogP contribution is 2.46. The molecule has 9 nitrogen and oxygen atoms in total. The Labute approximate surface area is 507 Å². The van der Waals surface area contributed by atoms with Crippen LogP contribution in [0.15, 0.2) is 261 Å². The molecular formula is C80H43N9. The van der Waals surface area contributed by atoms with E-state index in [2.05, 4.69) is 235 Å². The summed E-state index contributed by atoms with van der Waals surface area (Å²) in [5, 5.41) is 56.9. The molecule has 0 aliphatic rings. The van der Waals surface area contributed by atoms with Crippen LogP contribution in [0.1, 0.15) is 22.3 Å². The first kappa shape index (κ1) is 49.5. The molecule has 13 aromatic carbocycles. The van der Waals surface area contributed by atoms with Gasteiger partial charge in [0.25, 0.3) is 0 Å². The van der Waals surface area contributed by atoms with E-state index in [4.69, 9.17) is 0 Å². The van der Waals surface area contributed by atoms with Gasteiger partial charge >= 0.3 is 0 Å². The molecule has 0 fully saturated rings. The van der Waals surface area contributed by atoms with Crippen LogP contribution in [0.4, 0.5) is 0 Å². The summed E-state index contributed by atoms with van der Waals surface area (Å²) in [6.07, 6.45) is 0. The van der Waals surface area contributed by atoms with Gasteiger partial charge in [-0.3, -0.25) is 0 Å². The number of fused-ring (bicyclic) bond motifs is 17. The van der Waals surface area contributed by atoms with E-state index in [1.807, 2.05) is 66.7 Å². The van der Waals surface area contributed by atoms with E-state index in [-0.39, 0.29) is 0 Å². The first-order valence-corrected chi connectivity index (χ1v) is 29.5. The van der Waals surface area contributed by atoms with E-state index in [0.29, 0.717) is 45.0 Å². The van der Waals surface area contributed by atoms with Crippen LogP contribution in [-0.2, 0) is 0 Å². The average Bonchev–Trinajstić information content (AvgIpc) is 1.58. The predicted octanol–water partition coefficient (Wildman–Crippen LogP) is 19.5. The van der Waals surface area contributed by atoms with Gasteiger partial charge in [-0.25, -0.2) is 0 Å². The van der Waals surface area contributed by atoms with Crippen LogP contribution in [0.2, 0.25) is 0 Å². The Morgan fingerprint density at radius 1 is 0.236 bits per heavy atom. The molecule has 18 rings (SSSR count). The van der Waals surface area contributed by atoms with Gasteiger partial charge in [-0.05, 0) is 131 Å². The predicted molar refractivity (Wildman–Crippen MR) is 360 cm³/mol. The van der Waals surface area contributed by atoms with E-state index >= 15 is 0 Å². The number of nitriles is 4. The smallest absolute Gasteiger partial charge is 0.104 e. The lowest BCUT2D eigenvalue weighted by atomic mass is 10.0. The summed E-state index contributed by atoms with van der Waals surface area (Å²) in [5.41, 5.74) is 17.1.